The van der Waals surface area contributed by atoms with Gasteiger partial charge in [-0.15, -0.1) is 0 Å². The van der Waals surface area contributed by atoms with E-state index in [1.807, 2.05) is 43.5 Å². The number of hydrogen-bond donors (Lipinski definition) is 1. The van der Waals surface area contributed by atoms with Gasteiger partial charge in [-0.2, -0.15) is 5.10 Å². The molecule has 1 unspecified atom stereocenters. The second-order valence-corrected chi connectivity index (χ2v) is 6.74. The van der Waals surface area contributed by atoms with E-state index in [2.05, 4.69) is 17.3 Å². The first-order valence-electron chi connectivity index (χ1n) is 8.68. The van der Waals surface area contributed by atoms with Gasteiger partial charge in [0.25, 0.3) is 0 Å². The van der Waals surface area contributed by atoms with Gasteiger partial charge in [0.15, 0.2) is 5.79 Å². The Morgan fingerprint density at radius 2 is 2.04 bits per heavy atom. The summed E-state index contributed by atoms with van der Waals surface area (Å²) < 4.78 is 13.0. The van der Waals surface area contributed by atoms with Gasteiger partial charge in [-0.05, 0) is 36.6 Å². The minimum atomic E-state index is -0.507. The third-order valence-electron chi connectivity index (χ3n) is 4.34. The Bertz CT molecular complexity index is 676. The van der Waals surface area contributed by atoms with E-state index < -0.39 is 5.79 Å². The molecule has 0 aliphatic carbocycles. The molecular weight excluding hydrogens is 318 g/mol. The van der Waals surface area contributed by atoms with Crippen molar-refractivity contribution in [3.05, 3.63) is 48.3 Å². The van der Waals surface area contributed by atoms with Crippen LogP contribution in [0, 0.1) is 5.92 Å². The summed E-state index contributed by atoms with van der Waals surface area (Å²) in [5.74, 6) is -0.196. The maximum Gasteiger partial charge on any atom is 0.224 e. The molecule has 0 radical (unpaired) electrons. The van der Waals surface area contributed by atoms with Gasteiger partial charge < -0.3 is 14.8 Å². The molecule has 0 bridgehead atoms. The van der Waals surface area contributed by atoms with Crippen molar-refractivity contribution in [2.45, 2.75) is 32.5 Å². The van der Waals surface area contributed by atoms with Crippen molar-refractivity contribution in [1.29, 1.82) is 0 Å². The zero-order chi connectivity index (χ0) is 17.7. The summed E-state index contributed by atoms with van der Waals surface area (Å²) in [6.07, 6.45) is 4.77. The fraction of sp³-hybridized carbons (Fsp3) is 0.474. The summed E-state index contributed by atoms with van der Waals surface area (Å²) in [7, 11) is 0. The summed E-state index contributed by atoms with van der Waals surface area (Å²) in [6.45, 7) is 5.95. The number of benzene rings is 1. The monoisotopic (exact) mass is 343 g/mol. The second-order valence-electron chi connectivity index (χ2n) is 6.74. The van der Waals surface area contributed by atoms with E-state index in [9.17, 15) is 4.79 Å². The largest absolute Gasteiger partial charge is 0.356 e. The molecule has 1 N–H and O–H groups in total. The Morgan fingerprint density at radius 3 is 2.68 bits per heavy atom. The molecule has 25 heavy (non-hydrogen) atoms. The normalized spacial score (nSPS) is 17.4. The Hall–Kier alpha value is -2.18. The number of amides is 1. The van der Waals surface area contributed by atoms with Crippen LogP contribution in [0.2, 0.25) is 0 Å². The number of hydrogen-bond acceptors (Lipinski definition) is 4. The van der Waals surface area contributed by atoms with Gasteiger partial charge in [0.05, 0.1) is 25.3 Å². The lowest BCUT2D eigenvalue weighted by atomic mass is 10.0. The number of nitrogens with zero attached hydrogens (tertiary/aromatic N) is 2. The number of nitrogens with one attached hydrogen (secondary N) is 1. The smallest absolute Gasteiger partial charge is 0.224 e. The maximum atomic E-state index is 12.2. The average Bonchev–Trinajstić information content (AvgIpc) is 3.26. The van der Waals surface area contributed by atoms with Crippen molar-refractivity contribution < 1.29 is 14.3 Å². The molecule has 1 aromatic carbocycles. The molecule has 2 aromatic rings. The van der Waals surface area contributed by atoms with Gasteiger partial charge in [-0.3, -0.25) is 4.79 Å². The lowest BCUT2D eigenvalue weighted by Crippen LogP contribution is -2.35. The fourth-order valence-corrected chi connectivity index (χ4v) is 3.10. The number of rotatable bonds is 7. The van der Waals surface area contributed by atoms with Crippen LogP contribution in [0.1, 0.15) is 25.8 Å². The number of aromatic nitrogens is 2. The third kappa shape index (κ3) is 4.90. The highest BCUT2D eigenvalue weighted by Gasteiger charge is 2.32. The topological polar surface area (TPSA) is 65.4 Å². The van der Waals surface area contributed by atoms with Gasteiger partial charge in [0.2, 0.25) is 5.91 Å². The quantitative estimate of drug-likeness (QED) is 0.838. The Kier molecular flexibility index (Phi) is 5.50. The first-order valence-corrected chi connectivity index (χ1v) is 8.68. The highest BCUT2D eigenvalue weighted by atomic mass is 16.7. The van der Waals surface area contributed by atoms with Crippen LogP contribution in [0.15, 0.2) is 42.7 Å². The van der Waals surface area contributed by atoms with Crippen LogP contribution in [0.5, 0.6) is 0 Å². The zero-order valence-electron chi connectivity index (χ0n) is 14.8. The number of carbonyl (C=O) groups is 1. The molecule has 1 amide bonds. The van der Waals surface area contributed by atoms with E-state index in [1.54, 1.807) is 10.9 Å². The number of ether oxygens (including phenoxy) is 2. The molecule has 3 rings (SSSR count). The molecule has 2 heterocycles. The average molecular weight is 343 g/mol. The number of carbonyl (C=O) groups excluding carboxylic acids is 1. The SMILES string of the molecule is CC(CNC(=O)Cc1ccc(-n2cccn2)cc1)CC1(C)OCCO1. The molecule has 1 atom stereocenters. The van der Waals surface area contributed by atoms with Crippen LogP contribution in [0.3, 0.4) is 0 Å². The summed E-state index contributed by atoms with van der Waals surface area (Å²) >= 11 is 0. The lowest BCUT2D eigenvalue weighted by Gasteiger charge is -2.26. The fourth-order valence-electron chi connectivity index (χ4n) is 3.10. The third-order valence-corrected chi connectivity index (χ3v) is 4.34. The van der Waals surface area contributed by atoms with E-state index in [-0.39, 0.29) is 11.8 Å². The van der Waals surface area contributed by atoms with Crippen LogP contribution >= 0.6 is 0 Å². The van der Waals surface area contributed by atoms with Crippen LogP contribution in [0.25, 0.3) is 5.69 Å². The van der Waals surface area contributed by atoms with E-state index >= 15 is 0 Å². The van der Waals surface area contributed by atoms with E-state index in [0.717, 1.165) is 17.7 Å². The van der Waals surface area contributed by atoms with E-state index in [1.165, 1.54) is 0 Å². The van der Waals surface area contributed by atoms with Crippen molar-refractivity contribution in [2.75, 3.05) is 19.8 Å². The molecule has 1 saturated heterocycles. The van der Waals surface area contributed by atoms with Crippen LogP contribution in [-0.2, 0) is 20.7 Å². The van der Waals surface area contributed by atoms with Crippen molar-refractivity contribution in [3.8, 4) is 5.69 Å². The standard InChI is InChI=1S/C19H25N3O3/c1-15(13-19(2)24-10-11-25-19)14-20-18(23)12-16-4-6-17(7-5-16)22-9-3-8-21-22/h3-9,15H,10-14H2,1-2H3,(H,20,23). The van der Waals surface area contributed by atoms with Gasteiger partial charge in [-0.25, -0.2) is 4.68 Å². The molecule has 134 valence electrons. The summed E-state index contributed by atoms with van der Waals surface area (Å²) in [5.41, 5.74) is 1.96. The minimum Gasteiger partial charge on any atom is -0.356 e. The highest BCUT2D eigenvalue weighted by molar-refractivity contribution is 5.78. The molecule has 1 aromatic heterocycles. The Balaban J connectivity index is 1.44. The van der Waals surface area contributed by atoms with Crippen LogP contribution in [-0.4, -0.2) is 41.2 Å². The predicted molar refractivity (Wildman–Crippen MR) is 94.4 cm³/mol. The maximum absolute atomic E-state index is 12.2. The molecule has 1 aliphatic heterocycles. The molecule has 0 spiro atoms. The van der Waals surface area contributed by atoms with Crippen molar-refractivity contribution in [2.24, 2.45) is 5.92 Å². The van der Waals surface area contributed by atoms with Crippen molar-refractivity contribution >= 4 is 5.91 Å². The predicted octanol–water partition coefficient (Wildman–Crippen LogP) is 2.32. The van der Waals surface area contributed by atoms with Gasteiger partial charge in [0.1, 0.15) is 0 Å². The van der Waals surface area contributed by atoms with Gasteiger partial charge in [-0.1, -0.05) is 19.1 Å². The zero-order valence-corrected chi connectivity index (χ0v) is 14.8. The molecule has 6 heteroatoms. The lowest BCUT2D eigenvalue weighted by molar-refractivity contribution is -0.154. The first-order chi connectivity index (χ1) is 12.0. The van der Waals surface area contributed by atoms with Gasteiger partial charge >= 0.3 is 0 Å². The summed E-state index contributed by atoms with van der Waals surface area (Å²) in [4.78, 5) is 12.2. The van der Waals surface area contributed by atoms with Crippen LogP contribution < -0.4 is 5.32 Å². The molecule has 0 saturated carbocycles. The van der Waals surface area contributed by atoms with Crippen molar-refractivity contribution in [3.63, 3.8) is 0 Å². The minimum absolute atomic E-state index is 0.0251. The molecule has 1 aliphatic rings. The van der Waals surface area contributed by atoms with E-state index in [0.29, 0.717) is 26.2 Å². The molecular formula is C19H25N3O3. The van der Waals surface area contributed by atoms with Crippen molar-refractivity contribution in [1.82, 2.24) is 15.1 Å². The Labute approximate surface area is 148 Å². The second kappa shape index (κ2) is 7.80. The van der Waals surface area contributed by atoms with Gasteiger partial charge in [0, 0.05) is 25.4 Å². The Morgan fingerprint density at radius 1 is 1.32 bits per heavy atom. The molecule has 6 nitrogen and oxygen atoms in total. The molecule has 1 fully saturated rings. The summed E-state index contributed by atoms with van der Waals surface area (Å²) in [6, 6.07) is 9.73. The summed E-state index contributed by atoms with van der Waals surface area (Å²) in [5, 5.41) is 7.19. The highest BCUT2D eigenvalue weighted by Crippen LogP contribution is 2.26. The van der Waals surface area contributed by atoms with E-state index in [4.69, 9.17) is 9.47 Å². The van der Waals surface area contributed by atoms with Crippen LogP contribution in [0.4, 0.5) is 0 Å². The first kappa shape index (κ1) is 17.6.